The number of halogens is 2. The maximum atomic E-state index is 12.2. The quantitative estimate of drug-likeness (QED) is 0.741. The van der Waals surface area contributed by atoms with Crippen LogP contribution in [0.5, 0.6) is 0 Å². The third kappa shape index (κ3) is 3.88. The van der Waals surface area contributed by atoms with Crippen LogP contribution in [0.25, 0.3) is 0 Å². The average Bonchev–Trinajstić information content (AvgIpc) is 2.16. The molecule has 0 saturated heterocycles. The lowest BCUT2D eigenvalue weighted by atomic mass is 9.86. The van der Waals surface area contributed by atoms with E-state index in [0.717, 1.165) is 25.7 Å². The lowest BCUT2D eigenvalue weighted by Gasteiger charge is -2.27. The molecule has 1 aliphatic rings. The monoisotopic (exact) mass is 208 g/mol. The molecule has 0 aromatic rings. The van der Waals surface area contributed by atoms with Crippen molar-refractivity contribution >= 4 is 0 Å². The van der Waals surface area contributed by atoms with Gasteiger partial charge in [-0.3, -0.25) is 0 Å². The van der Waals surface area contributed by atoms with Crippen LogP contribution in [0, 0.1) is 5.92 Å². The molecule has 1 aliphatic carbocycles. The number of alkyl halides is 2. The van der Waals surface area contributed by atoms with Crippen LogP contribution in [0.4, 0.5) is 8.78 Å². The van der Waals surface area contributed by atoms with Gasteiger partial charge in [-0.15, -0.1) is 0 Å². The van der Waals surface area contributed by atoms with E-state index in [1.54, 1.807) is 0 Å². The first-order valence-electron chi connectivity index (χ1n) is 5.36. The summed E-state index contributed by atoms with van der Waals surface area (Å²) >= 11 is 0. The molecule has 86 valence electrons. The van der Waals surface area contributed by atoms with Crippen LogP contribution in [-0.4, -0.2) is 25.1 Å². The Bertz CT molecular complexity index is 162. The van der Waals surface area contributed by atoms with E-state index in [9.17, 15) is 8.78 Å². The molecule has 4 heteroatoms. The molecule has 0 heterocycles. The second kappa shape index (κ2) is 5.61. The van der Waals surface area contributed by atoms with Gasteiger partial charge in [0.2, 0.25) is 0 Å². The number of nitrogens with two attached hydrogens (primary N) is 1. The Labute approximate surface area is 85.7 Å². The Morgan fingerprint density at radius 2 is 1.93 bits per heavy atom. The van der Waals surface area contributed by atoms with Crippen molar-refractivity contribution in [1.29, 1.82) is 0 Å². The van der Waals surface area contributed by atoms with Gasteiger partial charge in [0.05, 0.1) is 6.04 Å². The SMILES string of the molecule is CC(NCC1CCC(N)CC1)C(F)F.[HH]. The van der Waals surface area contributed by atoms with E-state index in [4.69, 9.17) is 5.73 Å². The van der Waals surface area contributed by atoms with Crippen molar-refractivity contribution in [2.45, 2.75) is 51.1 Å². The first-order chi connectivity index (χ1) is 6.59. The van der Waals surface area contributed by atoms with E-state index >= 15 is 0 Å². The number of nitrogens with one attached hydrogen (secondary N) is 1. The van der Waals surface area contributed by atoms with Gasteiger partial charge in [-0.25, -0.2) is 8.78 Å². The summed E-state index contributed by atoms with van der Waals surface area (Å²) in [4.78, 5) is 0. The van der Waals surface area contributed by atoms with Gasteiger partial charge < -0.3 is 11.1 Å². The minimum Gasteiger partial charge on any atom is -0.328 e. The molecular weight excluding hydrogens is 186 g/mol. The van der Waals surface area contributed by atoms with Gasteiger partial charge in [-0.2, -0.15) is 0 Å². The maximum absolute atomic E-state index is 12.2. The normalized spacial score (nSPS) is 30.6. The van der Waals surface area contributed by atoms with E-state index in [1.165, 1.54) is 6.92 Å². The maximum Gasteiger partial charge on any atom is 0.253 e. The molecule has 0 spiro atoms. The third-order valence-electron chi connectivity index (χ3n) is 3.00. The average molecular weight is 208 g/mol. The zero-order valence-corrected chi connectivity index (χ0v) is 8.68. The number of rotatable bonds is 4. The predicted octanol–water partition coefficient (Wildman–Crippen LogP) is 1.99. The summed E-state index contributed by atoms with van der Waals surface area (Å²) in [6.45, 7) is 2.23. The van der Waals surface area contributed by atoms with E-state index in [1.807, 2.05) is 0 Å². The van der Waals surface area contributed by atoms with Crippen molar-refractivity contribution in [3.8, 4) is 0 Å². The Balaban J connectivity index is 0.00000196. The summed E-state index contributed by atoms with van der Waals surface area (Å²) in [6.07, 6.45) is 1.96. The van der Waals surface area contributed by atoms with Crippen LogP contribution in [0.3, 0.4) is 0 Å². The van der Waals surface area contributed by atoms with E-state index in [-0.39, 0.29) is 1.43 Å². The highest BCUT2D eigenvalue weighted by Crippen LogP contribution is 2.22. The summed E-state index contributed by atoms with van der Waals surface area (Å²) in [5, 5.41) is 2.88. The lowest BCUT2D eigenvalue weighted by Crippen LogP contribution is -2.38. The van der Waals surface area contributed by atoms with Crippen LogP contribution in [0.1, 0.15) is 34.0 Å². The van der Waals surface area contributed by atoms with Crippen LogP contribution in [0.15, 0.2) is 0 Å². The zero-order chi connectivity index (χ0) is 10.6. The third-order valence-corrected chi connectivity index (χ3v) is 3.00. The smallest absolute Gasteiger partial charge is 0.253 e. The fourth-order valence-electron chi connectivity index (χ4n) is 1.83. The van der Waals surface area contributed by atoms with Crippen molar-refractivity contribution in [3.05, 3.63) is 0 Å². The summed E-state index contributed by atoms with van der Waals surface area (Å²) in [5.41, 5.74) is 5.76. The van der Waals surface area contributed by atoms with Gasteiger partial charge in [0, 0.05) is 7.47 Å². The second-order valence-electron chi connectivity index (χ2n) is 4.31. The first-order valence-corrected chi connectivity index (χ1v) is 5.36. The van der Waals surface area contributed by atoms with Crippen LogP contribution in [-0.2, 0) is 0 Å². The van der Waals surface area contributed by atoms with E-state index in [2.05, 4.69) is 5.32 Å². The topological polar surface area (TPSA) is 38.0 Å². The molecule has 14 heavy (non-hydrogen) atoms. The molecule has 0 bridgehead atoms. The van der Waals surface area contributed by atoms with Gasteiger partial charge >= 0.3 is 0 Å². The fourth-order valence-corrected chi connectivity index (χ4v) is 1.83. The minimum absolute atomic E-state index is 0. The molecule has 1 fully saturated rings. The highest BCUT2D eigenvalue weighted by molar-refractivity contribution is 4.76. The second-order valence-corrected chi connectivity index (χ2v) is 4.31. The Hall–Kier alpha value is -0.220. The molecule has 2 nitrogen and oxygen atoms in total. The van der Waals surface area contributed by atoms with Gasteiger partial charge in [0.15, 0.2) is 0 Å². The highest BCUT2D eigenvalue weighted by atomic mass is 19.3. The minimum atomic E-state index is -2.26. The molecular formula is C10H22F2N2. The van der Waals surface area contributed by atoms with Crippen molar-refractivity contribution in [2.24, 2.45) is 11.7 Å². The largest absolute Gasteiger partial charge is 0.328 e. The number of hydrogen-bond donors (Lipinski definition) is 2. The van der Waals surface area contributed by atoms with Crippen molar-refractivity contribution in [2.75, 3.05) is 6.54 Å². The van der Waals surface area contributed by atoms with Gasteiger partial charge in [0.1, 0.15) is 0 Å². The molecule has 3 N–H and O–H groups in total. The van der Waals surface area contributed by atoms with E-state index in [0.29, 0.717) is 18.5 Å². The molecule has 1 atom stereocenters. The zero-order valence-electron chi connectivity index (χ0n) is 8.68. The summed E-state index contributed by atoms with van der Waals surface area (Å²) < 4.78 is 24.3. The molecule has 1 saturated carbocycles. The molecule has 0 amide bonds. The summed E-state index contributed by atoms with van der Waals surface area (Å²) in [7, 11) is 0. The Morgan fingerprint density at radius 1 is 1.36 bits per heavy atom. The summed E-state index contributed by atoms with van der Waals surface area (Å²) in [6, 6.07) is -0.357. The van der Waals surface area contributed by atoms with Gasteiger partial charge in [0.25, 0.3) is 6.43 Å². The van der Waals surface area contributed by atoms with Crippen molar-refractivity contribution < 1.29 is 10.2 Å². The molecule has 0 aliphatic heterocycles. The highest BCUT2D eigenvalue weighted by Gasteiger charge is 2.20. The van der Waals surface area contributed by atoms with Gasteiger partial charge in [-0.05, 0) is 45.1 Å². The molecule has 0 radical (unpaired) electrons. The molecule has 0 aromatic carbocycles. The van der Waals surface area contributed by atoms with Crippen LogP contribution in [0.2, 0.25) is 0 Å². The fraction of sp³-hybridized carbons (Fsp3) is 1.00. The summed E-state index contributed by atoms with van der Waals surface area (Å²) in [5.74, 6) is 0.538. The molecule has 1 rings (SSSR count). The Morgan fingerprint density at radius 3 is 2.43 bits per heavy atom. The predicted molar refractivity (Wildman–Crippen MR) is 55.5 cm³/mol. The van der Waals surface area contributed by atoms with Crippen LogP contribution >= 0.6 is 0 Å². The molecule has 0 aromatic heterocycles. The van der Waals surface area contributed by atoms with Crippen LogP contribution < -0.4 is 11.1 Å². The lowest BCUT2D eigenvalue weighted by molar-refractivity contribution is 0.102. The number of hydrogen-bond acceptors (Lipinski definition) is 2. The van der Waals surface area contributed by atoms with E-state index < -0.39 is 12.5 Å². The van der Waals surface area contributed by atoms with Crippen molar-refractivity contribution in [3.63, 3.8) is 0 Å². The van der Waals surface area contributed by atoms with Crippen molar-refractivity contribution in [1.82, 2.24) is 5.32 Å². The standard InChI is InChI=1S/C10H20F2N2.H2/c1-7(10(11)12)14-6-8-2-4-9(13)5-3-8;/h7-10,14H,2-6,13H2,1H3;1H. The van der Waals surface area contributed by atoms with Gasteiger partial charge in [-0.1, -0.05) is 0 Å². The first kappa shape index (κ1) is 11.9. The molecule has 1 unspecified atom stereocenters. The Kier molecular flexibility index (Phi) is 4.75.